The lowest BCUT2D eigenvalue weighted by Gasteiger charge is -2.32. The van der Waals surface area contributed by atoms with E-state index in [1.165, 1.54) is 0 Å². The van der Waals surface area contributed by atoms with Crippen molar-refractivity contribution in [3.8, 4) is 11.3 Å². The lowest BCUT2D eigenvalue weighted by Crippen LogP contribution is -2.47. The lowest BCUT2D eigenvalue weighted by atomic mass is 10.1. The first-order chi connectivity index (χ1) is 12.7. The largest absolute Gasteiger partial charge is 0.373 e. The zero-order valence-corrected chi connectivity index (χ0v) is 14.6. The van der Waals surface area contributed by atoms with Crippen molar-refractivity contribution >= 4 is 17.4 Å². The number of amides is 1. The normalized spacial score (nSPS) is 17.4. The van der Waals surface area contributed by atoms with Gasteiger partial charge in [0.05, 0.1) is 24.6 Å². The Morgan fingerprint density at radius 2 is 2.15 bits per heavy atom. The van der Waals surface area contributed by atoms with E-state index in [0.29, 0.717) is 26.2 Å². The van der Waals surface area contributed by atoms with E-state index in [1.807, 2.05) is 47.4 Å². The third kappa shape index (κ3) is 3.39. The summed E-state index contributed by atoms with van der Waals surface area (Å²) in [5.41, 5.74) is 2.72. The predicted molar refractivity (Wildman–Crippen MR) is 98.9 cm³/mol. The number of aromatic nitrogens is 3. The highest BCUT2D eigenvalue weighted by atomic mass is 16.5. The SMILES string of the molecule is CC(=O)N1CCO[C@@H](CNc2cc(-c3ccccc3)nc3ccnn23)C1. The molecule has 1 aliphatic heterocycles. The molecule has 4 rings (SSSR count). The van der Waals surface area contributed by atoms with Crippen molar-refractivity contribution in [1.29, 1.82) is 0 Å². The number of carbonyl (C=O) groups excluding carboxylic acids is 1. The minimum Gasteiger partial charge on any atom is -0.373 e. The molecule has 3 aromatic rings. The van der Waals surface area contributed by atoms with Crippen LogP contribution in [-0.4, -0.2) is 57.8 Å². The third-order valence-corrected chi connectivity index (χ3v) is 4.52. The van der Waals surface area contributed by atoms with Crippen molar-refractivity contribution in [1.82, 2.24) is 19.5 Å². The van der Waals surface area contributed by atoms with Crippen LogP contribution in [0.4, 0.5) is 5.82 Å². The number of carbonyl (C=O) groups is 1. The summed E-state index contributed by atoms with van der Waals surface area (Å²) in [7, 11) is 0. The van der Waals surface area contributed by atoms with E-state index in [0.717, 1.165) is 22.7 Å². The van der Waals surface area contributed by atoms with E-state index in [1.54, 1.807) is 17.6 Å². The van der Waals surface area contributed by atoms with Gasteiger partial charge in [-0.2, -0.15) is 9.61 Å². The molecule has 134 valence electrons. The molecule has 1 atom stereocenters. The molecule has 1 fully saturated rings. The molecule has 7 heteroatoms. The summed E-state index contributed by atoms with van der Waals surface area (Å²) in [5.74, 6) is 0.936. The average Bonchev–Trinajstić information content (AvgIpc) is 3.16. The van der Waals surface area contributed by atoms with Gasteiger partial charge in [0.1, 0.15) is 5.82 Å². The molecule has 3 heterocycles. The Bertz CT molecular complexity index is 909. The number of nitrogens with zero attached hydrogens (tertiary/aromatic N) is 4. The number of benzene rings is 1. The topological polar surface area (TPSA) is 71.8 Å². The van der Waals surface area contributed by atoms with Gasteiger partial charge in [-0.05, 0) is 0 Å². The fourth-order valence-electron chi connectivity index (χ4n) is 3.14. The van der Waals surface area contributed by atoms with E-state index in [-0.39, 0.29) is 12.0 Å². The number of morpholine rings is 1. The maximum atomic E-state index is 11.6. The molecule has 0 bridgehead atoms. The van der Waals surface area contributed by atoms with Gasteiger partial charge in [0.2, 0.25) is 5.91 Å². The standard InChI is InChI=1S/C19H21N5O2/c1-14(25)23-9-10-26-16(13-23)12-20-19-11-17(15-5-3-2-4-6-15)22-18-7-8-21-24(18)19/h2-8,11,16,20H,9-10,12-13H2,1H3/t16-/m0/s1. The Kier molecular flexibility index (Phi) is 4.53. The van der Waals surface area contributed by atoms with Crippen LogP contribution in [0.25, 0.3) is 16.9 Å². The molecule has 1 aromatic carbocycles. The average molecular weight is 351 g/mol. The van der Waals surface area contributed by atoms with Crippen molar-refractivity contribution in [3.63, 3.8) is 0 Å². The van der Waals surface area contributed by atoms with E-state index < -0.39 is 0 Å². The molecule has 7 nitrogen and oxygen atoms in total. The van der Waals surface area contributed by atoms with E-state index in [2.05, 4.69) is 15.4 Å². The molecular formula is C19H21N5O2. The van der Waals surface area contributed by atoms with Crippen LogP contribution in [0.5, 0.6) is 0 Å². The summed E-state index contributed by atoms with van der Waals surface area (Å²) in [6, 6.07) is 13.9. The van der Waals surface area contributed by atoms with Crippen molar-refractivity contribution in [2.24, 2.45) is 0 Å². The first-order valence-corrected chi connectivity index (χ1v) is 8.72. The van der Waals surface area contributed by atoms with Crippen LogP contribution in [0.1, 0.15) is 6.92 Å². The van der Waals surface area contributed by atoms with Gasteiger partial charge < -0.3 is 15.0 Å². The second-order valence-corrected chi connectivity index (χ2v) is 6.33. The van der Waals surface area contributed by atoms with Crippen molar-refractivity contribution < 1.29 is 9.53 Å². The highest BCUT2D eigenvalue weighted by molar-refractivity contribution is 5.73. The lowest BCUT2D eigenvalue weighted by molar-refractivity contribution is -0.135. The molecule has 0 aliphatic carbocycles. The number of anilines is 1. The molecule has 1 N–H and O–H groups in total. The molecule has 0 spiro atoms. The zero-order chi connectivity index (χ0) is 17.9. The van der Waals surface area contributed by atoms with Gasteiger partial charge in [-0.1, -0.05) is 30.3 Å². The van der Waals surface area contributed by atoms with Crippen LogP contribution in [0.2, 0.25) is 0 Å². The molecule has 0 radical (unpaired) electrons. The minimum atomic E-state index is -0.0494. The quantitative estimate of drug-likeness (QED) is 0.779. The molecule has 1 aliphatic rings. The smallest absolute Gasteiger partial charge is 0.219 e. The second-order valence-electron chi connectivity index (χ2n) is 6.33. The van der Waals surface area contributed by atoms with Crippen LogP contribution in [0.3, 0.4) is 0 Å². The van der Waals surface area contributed by atoms with E-state index in [4.69, 9.17) is 4.74 Å². The summed E-state index contributed by atoms with van der Waals surface area (Å²) < 4.78 is 7.56. The van der Waals surface area contributed by atoms with Gasteiger partial charge in [-0.3, -0.25) is 4.79 Å². The first-order valence-electron chi connectivity index (χ1n) is 8.72. The summed E-state index contributed by atoms with van der Waals surface area (Å²) >= 11 is 0. The Balaban J connectivity index is 1.56. The Labute approximate surface area is 151 Å². The minimum absolute atomic E-state index is 0.0494. The second kappa shape index (κ2) is 7.13. The van der Waals surface area contributed by atoms with Crippen LogP contribution in [0, 0.1) is 0 Å². The van der Waals surface area contributed by atoms with Gasteiger partial charge >= 0.3 is 0 Å². The van der Waals surface area contributed by atoms with Gasteiger partial charge in [0, 0.05) is 44.3 Å². The number of hydrogen-bond acceptors (Lipinski definition) is 5. The van der Waals surface area contributed by atoms with Crippen molar-refractivity contribution in [3.05, 3.63) is 48.7 Å². The molecule has 0 unspecified atom stereocenters. The monoisotopic (exact) mass is 351 g/mol. The van der Waals surface area contributed by atoms with Crippen LogP contribution in [0.15, 0.2) is 48.7 Å². The number of fused-ring (bicyclic) bond motifs is 1. The molecule has 0 saturated carbocycles. The third-order valence-electron chi connectivity index (χ3n) is 4.52. The maximum absolute atomic E-state index is 11.6. The van der Waals surface area contributed by atoms with Crippen LogP contribution >= 0.6 is 0 Å². The Hall–Kier alpha value is -2.93. The highest BCUT2D eigenvalue weighted by Crippen LogP contribution is 2.22. The van der Waals surface area contributed by atoms with Gasteiger partial charge in [0.15, 0.2) is 5.65 Å². The number of rotatable bonds is 4. The fraction of sp³-hybridized carbons (Fsp3) is 0.316. The van der Waals surface area contributed by atoms with E-state index >= 15 is 0 Å². The molecular weight excluding hydrogens is 330 g/mol. The molecule has 2 aromatic heterocycles. The van der Waals surface area contributed by atoms with Crippen LogP contribution < -0.4 is 5.32 Å². The van der Waals surface area contributed by atoms with E-state index in [9.17, 15) is 4.79 Å². The van der Waals surface area contributed by atoms with Crippen LogP contribution in [-0.2, 0) is 9.53 Å². The number of nitrogens with one attached hydrogen (secondary N) is 1. The summed E-state index contributed by atoms with van der Waals surface area (Å²) in [6.45, 7) is 4.01. The van der Waals surface area contributed by atoms with Gasteiger partial charge in [0.25, 0.3) is 0 Å². The summed E-state index contributed by atoms with van der Waals surface area (Å²) in [4.78, 5) is 18.1. The predicted octanol–water partition coefficient (Wildman–Crippen LogP) is 2.06. The highest BCUT2D eigenvalue weighted by Gasteiger charge is 2.22. The number of hydrogen-bond donors (Lipinski definition) is 1. The van der Waals surface area contributed by atoms with Gasteiger partial charge in [-0.25, -0.2) is 4.98 Å². The van der Waals surface area contributed by atoms with Gasteiger partial charge in [-0.15, -0.1) is 0 Å². The zero-order valence-electron chi connectivity index (χ0n) is 14.6. The first kappa shape index (κ1) is 16.5. The summed E-state index contributed by atoms with van der Waals surface area (Å²) in [6.07, 6.45) is 1.68. The number of ether oxygens (including phenoxy) is 1. The Morgan fingerprint density at radius 3 is 2.96 bits per heavy atom. The Morgan fingerprint density at radius 1 is 1.31 bits per heavy atom. The molecule has 1 amide bonds. The summed E-state index contributed by atoms with van der Waals surface area (Å²) in [5, 5.41) is 7.76. The van der Waals surface area contributed by atoms with Crippen molar-refractivity contribution in [2.75, 3.05) is 31.6 Å². The molecule has 1 saturated heterocycles. The maximum Gasteiger partial charge on any atom is 0.219 e. The fourth-order valence-corrected chi connectivity index (χ4v) is 3.14. The molecule has 26 heavy (non-hydrogen) atoms. The van der Waals surface area contributed by atoms with Crippen molar-refractivity contribution in [2.45, 2.75) is 13.0 Å².